The molecule has 0 saturated heterocycles. The molecule has 0 saturated carbocycles. The minimum atomic E-state index is 0.0518. The molecular formula is C15H20N2O3S. The van der Waals surface area contributed by atoms with E-state index in [1.54, 1.807) is 29.6 Å². The van der Waals surface area contributed by atoms with Gasteiger partial charge in [-0.15, -0.1) is 11.3 Å². The van der Waals surface area contributed by atoms with Gasteiger partial charge in [0.1, 0.15) is 5.76 Å². The van der Waals surface area contributed by atoms with Crippen LogP contribution in [-0.2, 0) is 22.6 Å². The van der Waals surface area contributed by atoms with E-state index in [0.29, 0.717) is 32.8 Å². The summed E-state index contributed by atoms with van der Waals surface area (Å²) in [6.07, 6.45) is 1.62. The molecule has 5 nitrogen and oxygen atoms in total. The van der Waals surface area contributed by atoms with Gasteiger partial charge in [0.25, 0.3) is 0 Å². The second kappa shape index (κ2) is 8.61. The van der Waals surface area contributed by atoms with Crippen LogP contribution in [0.15, 0.2) is 40.3 Å². The number of nitrogens with zero attached hydrogens (tertiary/aromatic N) is 1. The molecule has 0 aliphatic heterocycles. The molecule has 0 aromatic carbocycles. The number of carbonyl (C=O) groups is 1. The Balaban J connectivity index is 1.92. The Morgan fingerprint density at radius 1 is 1.38 bits per heavy atom. The summed E-state index contributed by atoms with van der Waals surface area (Å²) in [5.41, 5.74) is 0. The summed E-state index contributed by atoms with van der Waals surface area (Å²) in [6.45, 7) is 2.64. The summed E-state index contributed by atoms with van der Waals surface area (Å²) < 4.78 is 10.3. The van der Waals surface area contributed by atoms with Gasteiger partial charge in [-0.25, -0.2) is 0 Å². The first-order valence-electron chi connectivity index (χ1n) is 6.82. The van der Waals surface area contributed by atoms with Crippen LogP contribution < -0.4 is 5.32 Å². The predicted octanol–water partition coefficient (Wildman–Crippen LogP) is 2.11. The van der Waals surface area contributed by atoms with Crippen LogP contribution in [0.25, 0.3) is 0 Å². The zero-order valence-electron chi connectivity index (χ0n) is 12.1. The van der Waals surface area contributed by atoms with Crippen LogP contribution in [0.1, 0.15) is 10.6 Å². The van der Waals surface area contributed by atoms with Gasteiger partial charge in [0.05, 0.1) is 32.5 Å². The van der Waals surface area contributed by atoms with E-state index in [4.69, 9.17) is 9.15 Å². The number of thiophene rings is 1. The van der Waals surface area contributed by atoms with Gasteiger partial charge in [0, 0.05) is 18.5 Å². The molecule has 0 aliphatic rings. The van der Waals surface area contributed by atoms with Gasteiger partial charge in [-0.05, 0) is 23.6 Å². The van der Waals surface area contributed by atoms with Crippen LogP contribution >= 0.6 is 11.3 Å². The molecule has 2 heterocycles. The van der Waals surface area contributed by atoms with Gasteiger partial charge >= 0.3 is 0 Å². The number of amides is 1. The van der Waals surface area contributed by atoms with Crippen LogP contribution in [0, 0.1) is 0 Å². The fourth-order valence-corrected chi connectivity index (χ4v) is 2.61. The maximum atomic E-state index is 12.3. The summed E-state index contributed by atoms with van der Waals surface area (Å²) >= 11 is 1.65. The Morgan fingerprint density at radius 2 is 2.29 bits per heavy atom. The molecule has 2 aromatic rings. The Labute approximate surface area is 128 Å². The van der Waals surface area contributed by atoms with Crippen molar-refractivity contribution in [1.29, 1.82) is 0 Å². The quantitative estimate of drug-likeness (QED) is 0.721. The minimum absolute atomic E-state index is 0.0518. The van der Waals surface area contributed by atoms with Crippen molar-refractivity contribution in [3.8, 4) is 0 Å². The summed E-state index contributed by atoms with van der Waals surface area (Å²) in [4.78, 5) is 15.3. The molecule has 21 heavy (non-hydrogen) atoms. The average molecular weight is 308 g/mol. The van der Waals surface area contributed by atoms with Crippen LogP contribution in [0.5, 0.6) is 0 Å². The average Bonchev–Trinajstić information content (AvgIpc) is 3.16. The van der Waals surface area contributed by atoms with Gasteiger partial charge in [0.15, 0.2) is 0 Å². The standard InChI is InChI=1S/C15H20N2O3S/c1-19-8-6-16-10-15(18)17(11-13-4-2-7-20-13)12-14-5-3-9-21-14/h2-5,7,9,16H,6,8,10-12H2,1H3. The molecule has 2 aromatic heterocycles. The molecule has 0 radical (unpaired) electrons. The van der Waals surface area contributed by atoms with E-state index >= 15 is 0 Å². The second-order valence-electron chi connectivity index (χ2n) is 4.58. The summed E-state index contributed by atoms with van der Waals surface area (Å²) in [6, 6.07) is 7.74. The molecular weight excluding hydrogens is 288 g/mol. The molecule has 0 spiro atoms. The van der Waals surface area contributed by atoms with Gasteiger partial charge < -0.3 is 19.4 Å². The highest BCUT2D eigenvalue weighted by Gasteiger charge is 2.15. The first-order chi connectivity index (χ1) is 10.3. The van der Waals surface area contributed by atoms with E-state index < -0.39 is 0 Å². The van der Waals surface area contributed by atoms with Crippen LogP contribution in [0.2, 0.25) is 0 Å². The van der Waals surface area contributed by atoms with Crippen molar-refractivity contribution in [1.82, 2.24) is 10.2 Å². The fourth-order valence-electron chi connectivity index (χ4n) is 1.89. The Hall–Kier alpha value is -1.63. The SMILES string of the molecule is COCCNCC(=O)N(Cc1ccco1)Cc1cccs1. The lowest BCUT2D eigenvalue weighted by atomic mass is 10.3. The van der Waals surface area contributed by atoms with Crippen molar-refractivity contribution in [2.24, 2.45) is 0 Å². The van der Waals surface area contributed by atoms with E-state index in [1.165, 1.54) is 0 Å². The van der Waals surface area contributed by atoms with E-state index in [2.05, 4.69) is 5.32 Å². The predicted molar refractivity (Wildman–Crippen MR) is 82.0 cm³/mol. The van der Waals surface area contributed by atoms with Gasteiger partial charge in [0.2, 0.25) is 5.91 Å². The normalized spacial score (nSPS) is 10.7. The molecule has 6 heteroatoms. The van der Waals surface area contributed by atoms with E-state index in [9.17, 15) is 4.79 Å². The number of carbonyl (C=O) groups excluding carboxylic acids is 1. The third kappa shape index (κ3) is 5.34. The van der Waals surface area contributed by atoms with Crippen molar-refractivity contribution in [2.75, 3.05) is 26.8 Å². The van der Waals surface area contributed by atoms with E-state index in [1.807, 2.05) is 29.6 Å². The summed E-state index contributed by atoms with van der Waals surface area (Å²) in [5.74, 6) is 0.840. The number of methoxy groups -OCH3 is 1. The molecule has 0 aliphatic carbocycles. The van der Waals surface area contributed by atoms with Crippen LogP contribution in [-0.4, -0.2) is 37.6 Å². The number of hydrogen-bond donors (Lipinski definition) is 1. The lowest BCUT2D eigenvalue weighted by Gasteiger charge is -2.21. The third-order valence-corrected chi connectivity index (χ3v) is 3.83. The highest BCUT2D eigenvalue weighted by molar-refractivity contribution is 7.09. The van der Waals surface area contributed by atoms with E-state index in [0.717, 1.165) is 10.6 Å². The molecule has 2 rings (SSSR count). The molecule has 1 N–H and O–H groups in total. The molecule has 0 bridgehead atoms. The van der Waals surface area contributed by atoms with Gasteiger partial charge in [-0.1, -0.05) is 6.07 Å². The van der Waals surface area contributed by atoms with Crippen molar-refractivity contribution >= 4 is 17.2 Å². The van der Waals surface area contributed by atoms with Crippen molar-refractivity contribution in [2.45, 2.75) is 13.1 Å². The van der Waals surface area contributed by atoms with Crippen LogP contribution in [0.3, 0.4) is 0 Å². The van der Waals surface area contributed by atoms with Gasteiger partial charge in [-0.2, -0.15) is 0 Å². The van der Waals surface area contributed by atoms with Crippen LogP contribution in [0.4, 0.5) is 0 Å². The molecule has 0 unspecified atom stereocenters. The zero-order chi connectivity index (χ0) is 14.9. The first-order valence-corrected chi connectivity index (χ1v) is 7.69. The second-order valence-corrected chi connectivity index (χ2v) is 5.61. The third-order valence-electron chi connectivity index (χ3n) is 2.97. The number of nitrogens with one attached hydrogen (secondary N) is 1. The number of furan rings is 1. The maximum absolute atomic E-state index is 12.3. The number of rotatable bonds is 9. The van der Waals surface area contributed by atoms with Crippen molar-refractivity contribution in [3.05, 3.63) is 46.5 Å². The highest BCUT2D eigenvalue weighted by Crippen LogP contribution is 2.14. The maximum Gasteiger partial charge on any atom is 0.237 e. The smallest absolute Gasteiger partial charge is 0.237 e. The largest absolute Gasteiger partial charge is 0.467 e. The Morgan fingerprint density at radius 3 is 2.95 bits per heavy atom. The Bertz CT molecular complexity index is 475. The molecule has 1 amide bonds. The lowest BCUT2D eigenvalue weighted by molar-refractivity contribution is -0.131. The van der Waals surface area contributed by atoms with E-state index in [-0.39, 0.29) is 5.91 Å². The van der Waals surface area contributed by atoms with Crippen molar-refractivity contribution < 1.29 is 13.9 Å². The number of hydrogen-bond acceptors (Lipinski definition) is 5. The highest BCUT2D eigenvalue weighted by atomic mass is 32.1. The lowest BCUT2D eigenvalue weighted by Crippen LogP contribution is -2.38. The van der Waals surface area contributed by atoms with Crippen molar-refractivity contribution in [3.63, 3.8) is 0 Å². The topological polar surface area (TPSA) is 54.7 Å². The zero-order valence-corrected chi connectivity index (χ0v) is 12.9. The fraction of sp³-hybridized carbons (Fsp3) is 0.400. The summed E-state index contributed by atoms with van der Waals surface area (Å²) in [5, 5.41) is 5.10. The molecule has 0 fully saturated rings. The first kappa shape index (κ1) is 15.8. The molecule has 0 atom stereocenters. The molecule has 114 valence electrons. The monoisotopic (exact) mass is 308 g/mol. The summed E-state index contributed by atoms with van der Waals surface area (Å²) in [7, 11) is 1.64. The van der Waals surface area contributed by atoms with Gasteiger partial charge in [-0.3, -0.25) is 4.79 Å². The Kier molecular flexibility index (Phi) is 6.46. The minimum Gasteiger partial charge on any atom is -0.467 e. The number of ether oxygens (including phenoxy) is 1.